The molecule has 1 saturated carbocycles. The highest BCUT2D eigenvalue weighted by molar-refractivity contribution is 7.76. The first-order valence-corrected chi connectivity index (χ1v) is 13.7. The molecular weight excluding hydrogens is 522 g/mol. The lowest BCUT2D eigenvalue weighted by Crippen LogP contribution is -2.31. The van der Waals surface area contributed by atoms with Gasteiger partial charge in [0.25, 0.3) is 5.91 Å². The lowest BCUT2D eigenvalue weighted by Gasteiger charge is -2.20. The summed E-state index contributed by atoms with van der Waals surface area (Å²) in [5.74, 6) is -0.110. The number of halogens is 1. The molecule has 11 heteroatoms. The minimum atomic E-state index is -2.26. The summed E-state index contributed by atoms with van der Waals surface area (Å²) in [6.45, 7) is 0.424. The summed E-state index contributed by atoms with van der Waals surface area (Å²) >= 11 is -2.26. The van der Waals surface area contributed by atoms with Crippen molar-refractivity contribution in [3.05, 3.63) is 88.7 Å². The second-order valence-electron chi connectivity index (χ2n) is 9.68. The summed E-state index contributed by atoms with van der Waals surface area (Å²) in [7, 11) is -0.0504. The number of carbonyl (C=O) groups is 1. The summed E-state index contributed by atoms with van der Waals surface area (Å²) in [6.07, 6.45) is 2.38. The highest BCUT2D eigenvalue weighted by Gasteiger charge is 2.30. The van der Waals surface area contributed by atoms with Crippen LogP contribution in [0.3, 0.4) is 0 Å². The van der Waals surface area contributed by atoms with Crippen LogP contribution in [-0.4, -0.2) is 49.7 Å². The standard InChI is InChI=1S/C28H28BFN2O6S/c1-31-28(33)26-24-15-23(18-5-6-18)20(14-25(24)38-27(26)19-7-9-22(30)10-8-19)16-32(39(36)37)12-11-17-3-2-4-21(13-17)29(34)35/h2-4,7-10,13-15,18,34-35H,5-6,11-12,16H2,1H3,(H,31,33)(H,36,37). The first-order chi connectivity index (χ1) is 18.7. The Labute approximate surface area is 228 Å². The number of furan rings is 1. The number of benzene rings is 3. The van der Waals surface area contributed by atoms with Gasteiger partial charge in [-0.15, -0.1) is 0 Å². The van der Waals surface area contributed by atoms with Crippen LogP contribution in [0.25, 0.3) is 22.3 Å². The minimum Gasteiger partial charge on any atom is -0.455 e. The number of hydrogen-bond donors (Lipinski definition) is 4. The van der Waals surface area contributed by atoms with Crippen molar-refractivity contribution in [3.8, 4) is 11.3 Å². The van der Waals surface area contributed by atoms with Crippen molar-refractivity contribution in [2.45, 2.75) is 31.7 Å². The third-order valence-electron chi connectivity index (χ3n) is 6.99. The predicted octanol–water partition coefficient (Wildman–Crippen LogP) is 3.34. The molecule has 1 aliphatic carbocycles. The van der Waals surface area contributed by atoms with Crippen molar-refractivity contribution in [2.24, 2.45) is 0 Å². The van der Waals surface area contributed by atoms with Gasteiger partial charge in [-0.2, -0.15) is 4.31 Å². The summed E-state index contributed by atoms with van der Waals surface area (Å²) in [5.41, 5.74) is 4.37. The monoisotopic (exact) mass is 550 g/mol. The fourth-order valence-electron chi connectivity index (χ4n) is 4.83. The zero-order valence-electron chi connectivity index (χ0n) is 21.3. The quantitative estimate of drug-likeness (QED) is 0.178. The molecule has 0 aliphatic heterocycles. The average molecular weight is 550 g/mol. The van der Waals surface area contributed by atoms with E-state index in [0.717, 1.165) is 29.5 Å². The van der Waals surface area contributed by atoms with Gasteiger partial charge in [-0.1, -0.05) is 24.3 Å². The molecule has 8 nitrogen and oxygen atoms in total. The van der Waals surface area contributed by atoms with E-state index in [2.05, 4.69) is 5.32 Å². The fraction of sp³-hybridized carbons (Fsp3) is 0.250. The van der Waals surface area contributed by atoms with Crippen LogP contribution in [0.2, 0.25) is 0 Å². The van der Waals surface area contributed by atoms with Crippen molar-refractivity contribution < 1.29 is 32.4 Å². The molecule has 202 valence electrons. The van der Waals surface area contributed by atoms with E-state index in [-0.39, 0.29) is 24.9 Å². The van der Waals surface area contributed by atoms with Gasteiger partial charge in [0.05, 0.1) is 5.56 Å². The Kier molecular flexibility index (Phi) is 7.97. The summed E-state index contributed by atoms with van der Waals surface area (Å²) in [5, 5.41) is 22.2. The van der Waals surface area contributed by atoms with Crippen LogP contribution >= 0.6 is 0 Å². The van der Waals surface area contributed by atoms with E-state index < -0.39 is 24.2 Å². The fourth-order valence-corrected chi connectivity index (χ4v) is 5.33. The lowest BCUT2D eigenvalue weighted by molar-refractivity contribution is 0.0964. The number of nitrogens with one attached hydrogen (secondary N) is 1. The molecule has 0 radical (unpaired) electrons. The van der Waals surface area contributed by atoms with E-state index in [1.807, 2.05) is 18.2 Å². The Balaban J connectivity index is 1.50. The second kappa shape index (κ2) is 11.4. The molecular formula is C28H28BFN2O6S. The Morgan fingerprint density at radius 1 is 1.15 bits per heavy atom. The summed E-state index contributed by atoms with van der Waals surface area (Å²) < 4.78 is 43.6. The Hall–Kier alpha value is -3.35. The number of amides is 1. The maximum atomic E-state index is 13.6. The van der Waals surface area contributed by atoms with Crippen molar-refractivity contribution in [1.29, 1.82) is 0 Å². The molecule has 4 aromatic rings. The van der Waals surface area contributed by atoms with Gasteiger partial charge >= 0.3 is 7.12 Å². The molecule has 1 heterocycles. The minimum absolute atomic E-state index is 0.176. The molecule has 0 bridgehead atoms. The van der Waals surface area contributed by atoms with Crippen LogP contribution in [-0.2, 0) is 24.2 Å². The van der Waals surface area contributed by atoms with Gasteiger partial charge in [0.15, 0.2) is 0 Å². The third-order valence-corrected chi connectivity index (χ3v) is 7.75. The van der Waals surface area contributed by atoms with Crippen LogP contribution < -0.4 is 10.8 Å². The molecule has 1 aromatic heterocycles. The summed E-state index contributed by atoms with van der Waals surface area (Å²) in [6, 6.07) is 16.3. The van der Waals surface area contributed by atoms with E-state index in [1.54, 1.807) is 30.3 Å². The molecule has 1 aliphatic rings. The highest BCUT2D eigenvalue weighted by atomic mass is 32.2. The number of carbonyl (C=O) groups excluding carboxylic acids is 1. The molecule has 3 aromatic carbocycles. The topological polar surface area (TPSA) is 123 Å². The van der Waals surface area contributed by atoms with E-state index in [4.69, 9.17) is 4.42 Å². The molecule has 1 atom stereocenters. The first kappa shape index (κ1) is 27.2. The molecule has 0 saturated heterocycles. The lowest BCUT2D eigenvalue weighted by atomic mass is 9.79. The second-order valence-corrected chi connectivity index (χ2v) is 10.7. The zero-order chi connectivity index (χ0) is 27.7. The Morgan fingerprint density at radius 3 is 2.54 bits per heavy atom. The van der Waals surface area contributed by atoms with Gasteiger partial charge in [0.1, 0.15) is 17.2 Å². The first-order valence-electron chi connectivity index (χ1n) is 12.6. The summed E-state index contributed by atoms with van der Waals surface area (Å²) in [4.78, 5) is 12.9. The Morgan fingerprint density at radius 2 is 1.90 bits per heavy atom. The molecule has 39 heavy (non-hydrogen) atoms. The van der Waals surface area contributed by atoms with E-state index in [9.17, 15) is 28.0 Å². The largest absolute Gasteiger partial charge is 0.488 e. The van der Waals surface area contributed by atoms with Crippen molar-refractivity contribution >= 4 is 40.7 Å². The molecule has 1 fully saturated rings. The van der Waals surface area contributed by atoms with Gasteiger partial charge in [-0.3, -0.25) is 9.35 Å². The number of rotatable bonds is 10. The molecule has 5 rings (SSSR count). The molecule has 4 N–H and O–H groups in total. The third kappa shape index (κ3) is 5.97. The SMILES string of the molecule is CNC(=O)c1c(-c2ccc(F)cc2)oc2cc(CN(CCc3cccc(B(O)O)c3)S(=O)O)c(C3CC3)cc12. The molecule has 1 unspecified atom stereocenters. The van der Waals surface area contributed by atoms with Gasteiger partial charge in [0, 0.05) is 31.1 Å². The van der Waals surface area contributed by atoms with E-state index >= 15 is 0 Å². The van der Waals surface area contributed by atoms with Crippen LogP contribution in [0.4, 0.5) is 4.39 Å². The van der Waals surface area contributed by atoms with Gasteiger partial charge < -0.3 is 19.8 Å². The average Bonchev–Trinajstić information content (AvgIpc) is 3.71. The van der Waals surface area contributed by atoms with Gasteiger partial charge in [-0.05, 0) is 83.7 Å². The maximum Gasteiger partial charge on any atom is 0.488 e. The smallest absolute Gasteiger partial charge is 0.455 e. The van der Waals surface area contributed by atoms with Crippen LogP contribution in [0, 0.1) is 5.82 Å². The van der Waals surface area contributed by atoms with Crippen LogP contribution in [0.1, 0.15) is 45.8 Å². The number of nitrogens with zero attached hydrogens (tertiary/aromatic N) is 1. The van der Waals surface area contributed by atoms with Crippen LogP contribution in [0.15, 0.2) is 65.1 Å². The van der Waals surface area contributed by atoms with E-state index in [0.29, 0.717) is 39.7 Å². The molecule has 1 amide bonds. The van der Waals surface area contributed by atoms with Crippen molar-refractivity contribution in [3.63, 3.8) is 0 Å². The number of hydrogen-bond acceptors (Lipinski definition) is 5. The van der Waals surface area contributed by atoms with Crippen LogP contribution in [0.5, 0.6) is 0 Å². The predicted molar refractivity (Wildman–Crippen MR) is 148 cm³/mol. The van der Waals surface area contributed by atoms with Crippen molar-refractivity contribution in [1.82, 2.24) is 9.62 Å². The van der Waals surface area contributed by atoms with E-state index in [1.165, 1.54) is 23.5 Å². The Bertz CT molecular complexity index is 1540. The molecule has 0 spiro atoms. The highest BCUT2D eigenvalue weighted by Crippen LogP contribution is 2.45. The maximum absolute atomic E-state index is 13.6. The van der Waals surface area contributed by atoms with Crippen molar-refractivity contribution in [2.75, 3.05) is 13.6 Å². The number of fused-ring (bicyclic) bond motifs is 1. The zero-order valence-corrected chi connectivity index (χ0v) is 22.1. The normalized spacial score (nSPS) is 14.1. The van der Waals surface area contributed by atoms with Gasteiger partial charge in [-0.25, -0.2) is 8.60 Å². The van der Waals surface area contributed by atoms with Gasteiger partial charge in [0.2, 0.25) is 11.3 Å².